The molecule has 0 radical (unpaired) electrons. The highest BCUT2D eigenvalue weighted by molar-refractivity contribution is 6.30. The van der Waals surface area contributed by atoms with Crippen molar-refractivity contribution in [3.63, 3.8) is 0 Å². The Kier molecular flexibility index (Phi) is 5.14. The van der Waals surface area contributed by atoms with Crippen molar-refractivity contribution in [3.8, 4) is 0 Å². The number of rotatable bonds is 4. The van der Waals surface area contributed by atoms with Gasteiger partial charge in [-0.1, -0.05) is 53.6 Å². The second kappa shape index (κ2) is 7.47. The van der Waals surface area contributed by atoms with Crippen molar-refractivity contribution < 1.29 is 4.79 Å². The second-order valence-corrected chi connectivity index (χ2v) is 6.41. The molecular weight excluding hydrogens is 306 g/mol. The minimum atomic E-state index is 0.0386. The largest absolute Gasteiger partial charge is 0.326 e. The van der Waals surface area contributed by atoms with Gasteiger partial charge in [-0.2, -0.15) is 0 Å². The molecule has 2 aromatic rings. The van der Waals surface area contributed by atoms with Gasteiger partial charge in [-0.25, -0.2) is 0 Å². The molecular formula is C20H20ClNO. The van der Waals surface area contributed by atoms with Gasteiger partial charge in [-0.3, -0.25) is 4.79 Å². The molecule has 23 heavy (non-hydrogen) atoms. The standard InChI is InChI=1S/C20H20ClNO/c21-18-10-12-19(13-11-18)22-20(23)14-15-6-8-17(9-7-15)16-4-2-1-3-5-16/h1-6,10-13,17H,7-9,14H2,(H,22,23)/t17-/m1/s1. The maximum atomic E-state index is 12.1. The third-order valence-electron chi connectivity index (χ3n) is 4.29. The Morgan fingerprint density at radius 1 is 1.09 bits per heavy atom. The highest BCUT2D eigenvalue weighted by Crippen LogP contribution is 2.33. The van der Waals surface area contributed by atoms with Crippen LogP contribution in [0.15, 0.2) is 66.2 Å². The van der Waals surface area contributed by atoms with Crippen molar-refractivity contribution in [1.29, 1.82) is 0 Å². The molecule has 1 aliphatic rings. The van der Waals surface area contributed by atoms with Crippen molar-refractivity contribution in [3.05, 3.63) is 76.8 Å². The molecule has 0 saturated carbocycles. The van der Waals surface area contributed by atoms with E-state index in [2.05, 4.69) is 41.7 Å². The lowest BCUT2D eigenvalue weighted by Gasteiger charge is -2.22. The molecule has 0 saturated heterocycles. The molecule has 1 atom stereocenters. The summed E-state index contributed by atoms with van der Waals surface area (Å²) in [5.74, 6) is 0.621. The third-order valence-corrected chi connectivity index (χ3v) is 4.54. The fraction of sp³-hybridized carbons (Fsp3) is 0.250. The van der Waals surface area contributed by atoms with E-state index in [0.717, 1.165) is 24.9 Å². The smallest absolute Gasteiger partial charge is 0.228 e. The number of allylic oxidation sites excluding steroid dienone is 1. The number of carbonyl (C=O) groups is 1. The number of hydrogen-bond acceptors (Lipinski definition) is 1. The van der Waals surface area contributed by atoms with Gasteiger partial charge in [0.2, 0.25) is 5.91 Å². The molecule has 0 spiro atoms. The maximum absolute atomic E-state index is 12.1. The van der Waals surface area contributed by atoms with Gasteiger partial charge >= 0.3 is 0 Å². The number of hydrogen-bond donors (Lipinski definition) is 1. The molecule has 1 aliphatic carbocycles. The first kappa shape index (κ1) is 15.8. The van der Waals surface area contributed by atoms with E-state index in [4.69, 9.17) is 11.6 Å². The molecule has 3 rings (SSSR count). The fourth-order valence-electron chi connectivity index (χ4n) is 3.02. The molecule has 2 aromatic carbocycles. The van der Waals surface area contributed by atoms with E-state index in [1.807, 2.05) is 12.1 Å². The molecule has 0 heterocycles. The summed E-state index contributed by atoms with van der Waals surface area (Å²) in [6.45, 7) is 0. The van der Waals surface area contributed by atoms with Crippen molar-refractivity contribution in [2.45, 2.75) is 31.6 Å². The van der Waals surface area contributed by atoms with Gasteiger partial charge in [-0.15, -0.1) is 0 Å². The van der Waals surface area contributed by atoms with E-state index in [-0.39, 0.29) is 5.91 Å². The monoisotopic (exact) mass is 325 g/mol. The lowest BCUT2D eigenvalue weighted by Crippen LogP contribution is -2.14. The normalized spacial score (nSPS) is 17.4. The number of carbonyl (C=O) groups excluding carboxylic acids is 1. The number of nitrogens with one attached hydrogen (secondary N) is 1. The van der Waals surface area contributed by atoms with Crippen LogP contribution in [-0.2, 0) is 4.79 Å². The molecule has 118 valence electrons. The summed E-state index contributed by atoms with van der Waals surface area (Å²) in [4.78, 5) is 12.1. The lowest BCUT2D eigenvalue weighted by atomic mass is 9.84. The van der Waals surface area contributed by atoms with E-state index in [0.29, 0.717) is 17.4 Å². The van der Waals surface area contributed by atoms with E-state index in [1.165, 1.54) is 11.1 Å². The van der Waals surface area contributed by atoms with Crippen molar-refractivity contribution >= 4 is 23.2 Å². The van der Waals surface area contributed by atoms with E-state index >= 15 is 0 Å². The van der Waals surface area contributed by atoms with Crippen LogP contribution in [0.5, 0.6) is 0 Å². The summed E-state index contributed by atoms with van der Waals surface area (Å²) in [5.41, 5.74) is 3.43. The van der Waals surface area contributed by atoms with Gasteiger partial charge in [0.1, 0.15) is 0 Å². The van der Waals surface area contributed by atoms with Crippen LogP contribution < -0.4 is 5.32 Å². The van der Waals surface area contributed by atoms with Crippen LogP contribution >= 0.6 is 11.6 Å². The van der Waals surface area contributed by atoms with Gasteiger partial charge < -0.3 is 5.32 Å². The highest BCUT2D eigenvalue weighted by Gasteiger charge is 2.17. The number of halogens is 1. The minimum Gasteiger partial charge on any atom is -0.326 e. The molecule has 2 nitrogen and oxygen atoms in total. The third kappa shape index (κ3) is 4.46. The molecule has 1 amide bonds. The first-order valence-corrected chi connectivity index (χ1v) is 8.37. The predicted molar refractivity (Wildman–Crippen MR) is 95.8 cm³/mol. The summed E-state index contributed by atoms with van der Waals surface area (Å²) in [7, 11) is 0. The zero-order chi connectivity index (χ0) is 16.1. The first-order chi connectivity index (χ1) is 11.2. The average Bonchev–Trinajstić information content (AvgIpc) is 2.58. The molecule has 1 N–H and O–H groups in total. The first-order valence-electron chi connectivity index (χ1n) is 7.99. The molecule has 0 unspecified atom stereocenters. The topological polar surface area (TPSA) is 29.1 Å². The highest BCUT2D eigenvalue weighted by atomic mass is 35.5. The van der Waals surface area contributed by atoms with Crippen LogP contribution in [-0.4, -0.2) is 5.91 Å². The Labute approximate surface area is 142 Å². The molecule has 0 fully saturated rings. The zero-order valence-electron chi connectivity index (χ0n) is 13.0. The summed E-state index contributed by atoms with van der Waals surface area (Å²) < 4.78 is 0. The Balaban J connectivity index is 1.54. The van der Waals surface area contributed by atoms with Crippen molar-refractivity contribution in [2.75, 3.05) is 5.32 Å². The van der Waals surface area contributed by atoms with Crippen LogP contribution in [0.1, 0.15) is 37.2 Å². The fourth-order valence-corrected chi connectivity index (χ4v) is 3.15. The quantitative estimate of drug-likeness (QED) is 0.732. The molecule has 0 aromatic heterocycles. The van der Waals surface area contributed by atoms with Crippen LogP contribution in [0.4, 0.5) is 5.69 Å². The summed E-state index contributed by atoms with van der Waals surface area (Å²) >= 11 is 5.85. The summed E-state index contributed by atoms with van der Waals surface area (Å²) in [6.07, 6.45) is 5.85. The Bertz CT molecular complexity index is 691. The van der Waals surface area contributed by atoms with Gasteiger partial charge in [0.15, 0.2) is 0 Å². The van der Waals surface area contributed by atoms with Gasteiger partial charge in [-0.05, 0) is 55.0 Å². The Morgan fingerprint density at radius 2 is 1.83 bits per heavy atom. The van der Waals surface area contributed by atoms with Gasteiger partial charge in [0, 0.05) is 17.1 Å². The summed E-state index contributed by atoms with van der Waals surface area (Å²) in [6, 6.07) is 17.8. The van der Waals surface area contributed by atoms with Crippen LogP contribution in [0.3, 0.4) is 0 Å². The number of benzene rings is 2. The maximum Gasteiger partial charge on any atom is 0.228 e. The second-order valence-electron chi connectivity index (χ2n) is 5.98. The van der Waals surface area contributed by atoms with E-state index in [1.54, 1.807) is 12.1 Å². The molecule has 0 bridgehead atoms. The predicted octanol–water partition coefficient (Wildman–Crippen LogP) is 5.56. The van der Waals surface area contributed by atoms with Gasteiger partial charge in [0.25, 0.3) is 0 Å². The SMILES string of the molecule is O=C(CC1=CC[C@@H](c2ccccc2)CC1)Nc1ccc(Cl)cc1. The van der Waals surface area contributed by atoms with Crippen LogP contribution in [0, 0.1) is 0 Å². The Hall–Kier alpha value is -2.06. The van der Waals surface area contributed by atoms with Crippen LogP contribution in [0.25, 0.3) is 0 Å². The average molecular weight is 326 g/mol. The van der Waals surface area contributed by atoms with Crippen LogP contribution in [0.2, 0.25) is 5.02 Å². The molecule has 3 heteroatoms. The number of amides is 1. The molecule has 0 aliphatic heterocycles. The van der Waals surface area contributed by atoms with Crippen molar-refractivity contribution in [1.82, 2.24) is 0 Å². The minimum absolute atomic E-state index is 0.0386. The van der Waals surface area contributed by atoms with E-state index in [9.17, 15) is 4.79 Å². The van der Waals surface area contributed by atoms with E-state index < -0.39 is 0 Å². The van der Waals surface area contributed by atoms with Gasteiger partial charge in [0.05, 0.1) is 0 Å². The zero-order valence-corrected chi connectivity index (χ0v) is 13.7. The lowest BCUT2D eigenvalue weighted by molar-refractivity contribution is -0.115. The number of anilines is 1. The van der Waals surface area contributed by atoms with Crippen molar-refractivity contribution in [2.24, 2.45) is 0 Å². The Morgan fingerprint density at radius 3 is 2.48 bits per heavy atom. The summed E-state index contributed by atoms with van der Waals surface area (Å²) in [5, 5.41) is 3.59.